The third-order valence-corrected chi connectivity index (χ3v) is 3.71. The molecule has 0 bridgehead atoms. The Bertz CT molecular complexity index is 621. The molecule has 0 fully saturated rings. The summed E-state index contributed by atoms with van der Waals surface area (Å²) in [6, 6.07) is 6.92. The lowest BCUT2D eigenvalue weighted by Crippen LogP contribution is -2.36. The summed E-state index contributed by atoms with van der Waals surface area (Å²) in [5, 5.41) is 4.77. The number of carbonyl (C=O) groups excluding carboxylic acids is 2. The highest BCUT2D eigenvalue weighted by atomic mass is 19.4. The summed E-state index contributed by atoms with van der Waals surface area (Å²) in [6.45, 7) is 3.89. The van der Waals surface area contributed by atoms with Crippen LogP contribution in [0.15, 0.2) is 30.3 Å². The van der Waals surface area contributed by atoms with E-state index in [4.69, 9.17) is 0 Å². The Morgan fingerprint density at radius 3 is 2.38 bits per heavy atom. The van der Waals surface area contributed by atoms with Gasteiger partial charge in [0, 0.05) is 18.2 Å². The van der Waals surface area contributed by atoms with E-state index in [2.05, 4.69) is 19.2 Å². The van der Waals surface area contributed by atoms with Crippen molar-refractivity contribution in [1.82, 2.24) is 10.6 Å². The van der Waals surface area contributed by atoms with E-state index in [-0.39, 0.29) is 18.5 Å². The predicted octanol–water partition coefficient (Wildman–Crippen LogP) is 4.08. The lowest BCUT2D eigenvalue weighted by atomic mass is 10.1. The van der Waals surface area contributed by atoms with Crippen molar-refractivity contribution in [3.8, 4) is 0 Å². The number of rotatable bonds is 9. The number of alkyl halides is 3. The van der Waals surface area contributed by atoms with Crippen LogP contribution in [-0.2, 0) is 4.79 Å². The molecule has 0 aromatic heterocycles. The van der Waals surface area contributed by atoms with E-state index in [9.17, 15) is 22.8 Å². The van der Waals surface area contributed by atoms with Crippen LogP contribution in [0.3, 0.4) is 0 Å². The van der Waals surface area contributed by atoms with Crippen LogP contribution in [0, 0.1) is 0 Å². The maximum absolute atomic E-state index is 12.4. The molecule has 1 rings (SSSR count). The first-order valence-electron chi connectivity index (χ1n) is 8.70. The van der Waals surface area contributed by atoms with Crippen molar-refractivity contribution in [3.05, 3.63) is 41.5 Å². The molecule has 0 spiro atoms. The standard InChI is InChI=1S/C19H25F3N2O2/c1-3-7-16(8-4-2)24-17(25)15-11-5-9-14(13-15)10-6-12-23-18(26)19(20,21)22/h5-6,9-11,13,16H,3-4,7-8,12H2,1-2H3,(H,23,26)(H,24,25). The zero-order valence-electron chi connectivity index (χ0n) is 15.0. The minimum Gasteiger partial charge on any atom is -0.349 e. The summed E-state index contributed by atoms with van der Waals surface area (Å²) >= 11 is 0. The van der Waals surface area contributed by atoms with E-state index >= 15 is 0 Å². The first-order valence-corrected chi connectivity index (χ1v) is 8.70. The SMILES string of the molecule is CCCC(CCC)NC(=O)c1cccc(C=CCNC(=O)C(F)(F)F)c1. The maximum atomic E-state index is 12.4. The van der Waals surface area contributed by atoms with Crippen LogP contribution in [0.4, 0.5) is 13.2 Å². The largest absolute Gasteiger partial charge is 0.471 e. The minimum atomic E-state index is -4.89. The normalized spacial score (nSPS) is 11.8. The molecule has 0 aliphatic heterocycles. The van der Waals surface area contributed by atoms with Gasteiger partial charge in [-0.1, -0.05) is 51.0 Å². The van der Waals surface area contributed by atoms with Crippen LogP contribution in [0.25, 0.3) is 6.08 Å². The molecule has 0 aliphatic carbocycles. The Labute approximate surface area is 151 Å². The highest BCUT2D eigenvalue weighted by Gasteiger charge is 2.37. The van der Waals surface area contributed by atoms with Gasteiger partial charge in [-0.3, -0.25) is 9.59 Å². The molecule has 0 radical (unpaired) electrons. The van der Waals surface area contributed by atoms with Gasteiger partial charge in [0.1, 0.15) is 0 Å². The van der Waals surface area contributed by atoms with Gasteiger partial charge in [-0.25, -0.2) is 0 Å². The van der Waals surface area contributed by atoms with Crippen LogP contribution >= 0.6 is 0 Å². The quantitative estimate of drug-likeness (QED) is 0.688. The minimum absolute atomic E-state index is 0.134. The second-order valence-corrected chi connectivity index (χ2v) is 5.98. The molecule has 0 unspecified atom stereocenters. The maximum Gasteiger partial charge on any atom is 0.471 e. The monoisotopic (exact) mass is 370 g/mol. The van der Waals surface area contributed by atoms with E-state index in [1.54, 1.807) is 35.7 Å². The Hall–Kier alpha value is -2.31. The van der Waals surface area contributed by atoms with Crippen molar-refractivity contribution >= 4 is 17.9 Å². The van der Waals surface area contributed by atoms with Crippen LogP contribution < -0.4 is 10.6 Å². The molecule has 2 amide bonds. The van der Waals surface area contributed by atoms with Gasteiger partial charge in [0.15, 0.2) is 0 Å². The highest BCUT2D eigenvalue weighted by molar-refractivity contribution is 5.95. The second kappa shape index (κ2) is 10.6. The summed E-state index contributed by atoms with van der Waals surface area (Å²) in [4.78, 5) is 23.1. The second-order valence-electron chi connectivity index (χ2n) is 5.98. The van der Waals surface area contributed by atoms with Crippen molar-refractivity contribution in [3.63, 3.8) is 0 Å². The van der Waals surface area contributed by atoms with Gasteiger partial charge < -0.3 is 10.6 Å². The molecule has 0 aliphatic rings. The zero-order chi connectivity index (χ0) is 19.6. The molecular weight excluding hydrogens is 345 g/mol. The van der Waals surface area contributed by atoms with Crippen molar-refractivity contribution < 1.29 is 22.8 Å². The molecule has 0 saturated carbocycles. The lowest BCUT2D eigenvalue weighted by molar-refractivity contribution is -0.173. The lowest BCUT2D eigenvalue weighted by Gasteiger charge is -2.17. The Kier molecular flexibility index (Phi) is 8.88. The third-order valence-electron chi connectivity index (χ3n) is 3.71. The van der Waals surface area contributed by atoms with Crippen LogP contribution in [0.5, 0.6) is 0 Å². The molecule has 4 nitrogen and oxygen atoms in total. The van der Waals surface area contributed by atoms with Crippen LogP contribution in [0.1, 0.15) is 55.5 Å². The number of amides is 2. The molecule has 0 saturated heterocycles. The molecule has 144 valence electrons. The van der Waals surface area contributed by atoms with Gasteiger partial charge in [-0.2, -0.15) is 13.2 Å². The fraction of sp³-hybridized carbons (Fsp3) is 0.474. The number of hydrogen-bond acceptors (Lipinski definition) is 2. The molecule has 0 atom stereocenters. The first-order chi connectivity index (χ1) is 12.3. The van der Waals surface area contributed by atoms with Crippen LogP contribution in [-0.4, -0.2) is 30.6 Å². The average molecular weight is 370 g/mol. The summed E-state index contributed by atoms with van der Waals surface area (Å²) in [6.07, 6.45) is 1.87. The molecule has 2 N–H and O–H groups in total. The van der Waals surface area contributed by atoms with E-state index in [1.165, 1.54) is 6.08 Å². The number of carbonyl (C=O) groups is 2. The Morgan fingerprint density at radius 1 is 1.15 bits per heavy atom. The van der Waals surface area contributed by atoms with Crippen molar-refractivity contribution in [2.75, 3.05) is 6.54 Å². The Balaban J connectivity index is 2.65. The molecule has 7 heteroatoms. The average Bonchev–Trinajstić information content (AvgIpc) is 2.58. The topological polar surface area (TPSA) is 58.2 Å². The van der Waals surface area contributed by atoms with Gasteiger partial charge in [-0.15, -0.1) is 0 Å². The smallest absolute Gasteiger partial charge is 0.349 e. The van der Waals surface area contributed by atoms with E-state index in [0.29, 0.717) is 11.1 Å². The van der Waals surface area contributed by atoms with Crippen molar-refractivity contribution in [1.29, 1.82) is 0 Å². The van der Waals surface area contributed by atoms with E-state index in [1.807, 2.05) is 0 Å². The van der Waals surface area contributed by atoms with E-state index < -0.39 is 12.1 Å². The molecule has 1 aromatic rings. The van der Waals surface area contributed by atoms with Crippen molar-refractivity contribution in [2.45, 2.75) is 51.7 Å². The van der Waals surface area contributed by atoms with Gasteiger partial charge in [0.25, 0.3) is 5.91 Å². The summed E-state index contributed by atoms with van der Waals surface area (Å²) in [5.74, 6) is -2.15. The third kappa shape index (κ3) is 7.72. The fourth-order valence-corrected chi connectivity index (χ4v) is 2.48. The molecular formula is C19H25F3N2O2. The number of benzene rings is 1. The van der Waals surface area contributed by atoms with Gasteiger partial charge in [-0.05, 0) is 30.5 Å². The van der Waals surface area contributed by atoms with E-state index in [0.717, 1.165) is 25.7 Å². The fourth-order valence-electron chi connectivity index (χ4n) is 2.48. The highest BCUT2D eigenvalue weighted by Crippen LogP contribution is 2.14. The van der Waals surface area contributed by atoms with Crippen molar-refractivity contribution in [2.24, 2.45) is 0 Å². The number of halogens is 3. The molecule has 0 heterocycles. The summed E-state index contributed by atoms with van der Waals surface area (Å²) in [7, 11) is 0. The zero-order valence-corrected chi connectivity index (χ0v) is 15.0. The number of hydrogen-bond donors (Lipinski definition) is 2. The first kappa shape index (κ1) is 21.7. The van der Waals surface area contributed by atoms with Gasteiger partial charge >= 0.3 is 12.1 Å². The van der Waals surface area contributed by atoms with Gasteiger partial charge in [0.2, 0.25) is 0 Å². The summed E-state index contributed by atoms with van der Waals surface area (Å²) in [5.41, 5.74) is 1.16. The number of nitrogens with one attached hydrogen (secondary N) is 2. The van der Waals surface area contributed by atoms with Gasteiger partial charge in [0.05, 0.1) is 0 Å². The predicted molar refractivity (Wildman–Crippen MR) is 95.6 cm³/mol. The van der Waals surface area contributed by atoms with Crippen LogP contribution in [0.2, 0.25) is 0 Å². The summed E-state index contributed by atoms with van der Waals surface area (Å²) < 4.78 is 36.2. The molecule has 1 aromatic carbocycles. The Morgan fingerprint density at radius 2 is 1.81 bits per heavy atom. The molecule has 26 heavy (non-hydrogen) atoms.